The third-order valence-corrected chi connectivity index (χ3v) is 4.58. The van der Waals surface area contributed by atoms with E-state index < -0.39 is 0 Å². The number of para-hydroxylation sites is 2. The molecular formula is C21H16ClN5O2. The first-order valence-corrected chi connectivity index (χ1v) is 9.26. The molecule has 0 amide bonds. The number of methoxy groups -OCH3 is 1. The van der Waals surface area contributed by atoms with Crippen molar-refractivity contribution in [1.29, 1.82) is 5.26 Å². The van der Waals surface area contributed by atoms with Gasteiger partial charge in [-0.2, -0.15) is 5.26 Å². The van der Waals surface area contributed by atoms with Crippen molar-refractivity contribution < 1.29 is 9.47 Å². The van der Waals surface area contributed by atoms with Gasteiger partial charge in [-0.05, 0) is 54.9 Å². The van der Waals surface area contributed by atoms with E-state index in [0.29, 0.717) is 35.0 Å². The number of hydrogen-bond acceptors (Lipinski definition) is 6. The van der Waals surface area contributed by atoms with Crippen LogP contribution in [-0.2, 0) is 0 Å². The topological polar surface area (TPSA) is 85.8 Å². The summed E-state index contributed by atoms with van der Waals surface area (Å²) in [5.41, 5.74) is 2.32. The zero-order chi connectivity index (χ0) is 20.4. The van der Waals surface area contributed by atoms with Crippen LogP contribution in [0.1, 0.15) is 12.6 Å². The summed E-state index contributed by atoms with van der Waals surface area (Å²) >= 11 is 6.42. The predicted molar refractivity (Wildman–Crippen MR) is 110 cm³/mol. The van der Waals surface area contributed by atoms with E-state index in [1.54, 1.807) is 11.7 Å². The second-order valence-corrected chi connectivity index (χ2v) is 6.36. The van der Waals surface area contributed by atoms with Crippen LogP contribution < -0.4 is 9.47 Å². The molecule has 0 radical (unpaired) electrons. The second kappa shape index (κ2) is 7.78. The van der Waals surface area contributed by atoms with Crippen molar-refractivity contribution >= 4 is 22.8 Å². The molecule has 29 heavy (non-hydrogen) atoms. The number of rotatable bonds is 5. The number of hydrogen-bond donors (Lipinski definition) is 0. The van der Waals surface area contributed by atoms with Gasteiger partial charge in [-0.3, -0.25) is 4.57 Å². The van der Waals surface area contributed by atoms with Gasteiger partial charge in [0, 0.05) is 5.56 Å². The summed E-state index contributed by atoms with van der Waals surface area (Å²) in [6.45, 7) is 2.50. The van der Waals surface area contributed by atoms with Crippen molar-refractivity contribution in [2.45, 2.75) is 6.92 Å². The van der Waals surface area contributed by atoms with Crippen molar-refractivity contribution in [3.63, 3.8) is 0 Å². The summed E-state index contributed by atoms with van der Waals surface area (Å²) in [4.78, 5) is 13.4. The van der Waals surface area contributed by atoms with Crippen LogP contribution in [0.2, 0.25) is 5.28 Å². The zero-order valence-electron chi connectivity index (χ0n) is 15.8. The largest absolute Gasteiger partial charge is 0.495 e. The van der Waals surface area contributed by atoms with Gasteiger partial charge in [-0.25, -0.2) is 15.0 Å². The minimum absolute atomic E-state index is 0.148. The SMILES string of the molecule is CCOc1ccc(-c2nc(C#N)c3nc(Cl)n(-c4ccccc4OC)c3n2)cc1. The molecule has 2 aromatic heterocycles. The van der Waals surface area contributed by atoms with E-state index in [1.807, 2.05) is 55.5 Å². The summed E-state index contributed by atoms with van der Waals surface area (Å²) in [7, 11) is 1.58. The quantitative estimate of drug-likeness (QED) is 0.457. The van der Waals surface area contributed by atoms with Crippen LogP contribution in [-0.4, -0.2) is 33.2 Å². The Balaban J connectivity index is 1.94. The zero-order valence-corrected chi connectivity index (χ0v) is 16.5. The number of imidazole rings is 1. The summed E-state index contributed by atoms with van der Waals surface area (Å²) in [6, 6.07) is 16.8. The fourth-order valence-electron chi connectivity index (χ4n) is 3.03. The van der Waals surface area contributed by atoms with E-state index in [4.69, 9.17) is 21.1 Å². The number of fused-ring (bicyclic) bond motifs is 1. The van der Waals surface area contributed by atoms with E-state index in [-0.39, 0.29) is 11.0 Å². The van der Waals surface area contributed by atoms with Crippen LogP contribution in [0.4, 0.5) is 0 Å². The molecule has 0 saturated heterocycles. The first-order valence-electron chi connectivity index (χ1n) is 8.89. The minimum atomic E-state index is 0.148. The third-order valence-electron chi connectivity index (χ3n) is 4.32. The molecule has 0 aliphatic heterocycles. The first-order chi connectivity index (χ1) is 14.2. The van der Waals surface area contributed by atoms with Gasteiger partial charge in [0.05, 0.1) is 19.4 Å². The Bertz CT molecular complexity index is 1230. The van der Waals surface area contributed by atoms with E-state index >= 15 is 0 Å². The fraction of sp³-hybridized carbons (Fsp3) is 0.143. The lowest BCUT2D eigenvalue weighted by Crippen LogP contribution is -2.01. The molecule has 7 nitrogen and oxygen atoms in total. The highest BCUT2D eigenvalue weighted by Gasteiger charge is 2.20. The monoisotopic (exact) mass is 405 g/mol. The molecule has 0 aliphatic carbocycles. The van der Waals surface area contributed by atoms with Gasteiger partial charge in [-0.1, -0.05) is 12.1 Å². The number of benzene rings is 2. The molecule has 4 aromatic rings. The number of ether oxygens (including phenoxy) is 2. The van der Waals surface area contributed by atoms with Gasteiger partial charge in [0.1, 0.15) is 23.1 Å². The molecule has 0 N–H and O–H groups in total. The Morgan fingerprint density at radius 3 is 2.52 bits per heavy atom. The van der Waals surface area contributed by atoms with Gasteiger partial charge in [-0.15, -0.1) is 0 Å². The van der Waals surface area contributed by atoms with Crippen LogP contribution in [0.15, 0.2) is 48.5 Å². The first kappa shape index (κ1) is 18.7. The number of halogens is 1. The highest BCUT2D eigenvalue weighted by Crippen LogP contribution is 2.31. The highest BCUT2D eigenvalue weighted by atomic mass is 35.5. The van der Waals surface area contributed by atoms with Crippen LogP contribution in [0.3, 0.4) is 0 Å². The van der Waals surface area contributed by atoms with Gasteiger partial charge >= 0.3 is 0 Å². The Hall–Kier alpha value is -3.63. The summed E-state index contributed by atoms with van der Waals surface area (Å²) < 4.78 is 12.6. The van der Waals surface area contributed by atoms with Gasteiger partial charge < -0.3 is 9.47 Å². The maximum absolute atomic E-state index is 9.62. The fourth-order valence-corrected chi connectivity index (χ4v) is 3.29. The molecule has 0 spiro atoms. The van der Waals surface area contributed by atoms with Crippen LogP contribution in [0.25, 0.3) is 28.2 Å². The van der Waals surface area contributed by atoms with Crippen molar-refractivity contribution in [2.75, 3.05) is 13.7 Å². The lowest BCUT2D eigenvalue weighted by atomic mass is 10.2. The van der Waals surface area contributed by atoms with Gasteiger partial charge in [0.25, 0.3) is 0 Å². The lowest BCUT2D eigenvalue weighted by molar-refractivity contribution is 0.340. The Morgan fingerprint density at radius 2 is 1.83 bits per heavy atom. The van der Waals surface area contributed by atoms with Crippen molar-refractivity contribution in [2.24, 2.45) is 0 Å². The highest BCUT2D eigenvalue weighted by molar-refractivity contribution is 6.29. The third kappa shape index (κ3) is 3.35. The molecule has 2 aromatic carbocycles. The molecular weight excluding hydrogens is 390 g/mol. The summed E-state index contributed by atoms with van der Waals surface area (Å²) in [6.07, 6.45) is 0. The van der Waals surface area contributed by atoms with E-state index in [9.17, 15) is 5.26 Å². The summed E-state index contributed by atoms with van der Waals surface area (Å²) in [5, 5.41) is 9.78. The molecule has 0 atom stereocenters. The molecule has 0 fully saturated rings. The molecule has 0 saturated carbocycles. The summed E-state index contributed by atoms with van der Waals surface area (Å²) in [5.74, 6) is 1.75. The standard InChI is InChI=1S/C21H16ClN5O2/c1-3-29-14-10-8-13(9-11-14)19-24-15(12-23)18-20(26-19)27(21(22)25-18)16-6-4-5-7-17(16)28-2/h4-11H,3H2,1-2H3. The Kier molecular flexibility index (Phi) is 5.02. The van der Waals surface area contributed by atoms with Crippen molar-refractivity contribution in [1.82, 2.24) is 19.5 Å². The normalized spacial score (nSPS) is 10.7. The number of aromatic nitrogens is 4. The Labute approximate surface area is 172 Å². The van der Waals surface area contributed by atoms with Crippen molar-refractivity contribution in [3.8, 4) is 34.6 Å². The van der Waals surface area contributed by atoms with Crippen molar-refractivity contribution in [3.05, 3.63) is 59.5 Å². The molecule has 144 valence electrons. The molecule has 0 bridgehead atoms. The van der Waals surface area contributed by atoms with Crippen LogP contribution >= 0.6 is 11.6 Å². The smallest absolute Gasteiger partial charge is 0.209 e. The average Bonchev–Trinajstić information content (AvgIpc) is 3.09. The van der Waals surface area contributed by atoms with Crippen LogP contribution in [0.5, 0.6) is 11.5 Å². The molecule has 0 unspecified atom stereocenters. The maximum Gasteiger partial charge on any atom is 0.209 e. The maximum atomic E-state index is 9.62. The van der Waals surface area contributed by atoms with Gasteiger partial charge in [0.15, 0.2) is 17.2 Å². The minimum Gasteiger partial charge on any atom is -0.495 e. The second-order valence-electron chi connectivity index (χ2n) is 6.03. The van der Waals surface area contributed by atoms with Gasteiger partial charge in [0.2, 0.25) is 5.28 Å². The van der Waals surface area contributed by atoms with E-state index in [0.717, 1.165) is 11.3 Å². The lowest BCUT2D eigenvalue weighted by Gasteiger charge is -2.11. The number of nitriles is 1. The molecule has 8 heteroatoms. The average molecular weight is 406 g/mol. The van der Waals surface area contributed by atoms with E-state index in [2.05, 4.69) is 21.0 Å². The number of nitrogens with zero attached hydrogens (tertiary/aromatic N) is 5. The molecule has 0 aliphatic rings. The molecule has 2 heterocycles. The van der Waals surface area contributed by atoms with E-state index in [1.165, 1.54) is 0 Å². The molecule has 4 rings (SSSR count). The van der Waals surface area contributed by atoms with Crippen LogP contribution in [0, 0.1) is 11.3 Å². The predicted octanol–water partition coefficient (Wildman–Crippen LogP) is 4.41. The Morgan fingerprint density at radius 1 is 1.07 bits per heavy atom.